The molecule has 0 aliphatic heterocycles. The summed E-state index contributed by atoms with van der Waals surface area (Å²) in [4.78, 5) is 25.0. The van der Waals surface area contributed by atoms with Crippen LogP contribution in [0, 0.1) is 13.8 Å². The molecule has 0 saturated heterocycles. The molecule has 4 rings (SSSR count). The molecule has 2 N–H and O–H groups in total. The zero-order valence-electron chi connectivity index (χ0n) is 16.5. The Morgan fingerprint density at radius 1 is 1.21 bits per heavy atom. The van der Waals surface area contributed by atoms with E-state index < -0.39 is 0 Å². The maximum absolute atomic E-state index is 13.0. The van der Waals surface area contributed by atoms with Gasteiger partial charge in [0.05, 0.1) is 18.5 Å². The van der Waals surface area contributed by atoms with E-state index in [1.807, 2.05) is 0 Å². The Morgan fingerprint density at radius 2 is 1.93 bits per heavy atom. The summed E-state index contributed by atoms with van der Waals surface area (Å²) in [5.74, 6) is 0.689. The third kappa shape index (κ3) is 3.77. The van der Waals surface area contributed by atoms with Crippen molar-refractivity contribution in [1.82, 2.24) is 14.9 Å². The molecule has 148 valence electrons. The van der Waals surface area contributed by atoms with Crippen LogP contribution in [0.4, 0.5) is 0 Å². The molecule has 1 aliphatic carbocycles. The second-order valence-electron chi connectivity index (χ2n) is 7.72. The minimum absolute atomic E-state index is 0.0738. The van der Waals surface area contributed by atoms with Gasteiger partial charge in [-0.2, -0.15) is 0 Å². The second kappa shape index (κ2) is 8.15. The fourth-order valence-corrected chi connectivity index (χ4v) is 5.35. The van der Waals surface area contributed by atoms with Crippen molar-refractivity contribution in [2.75, 3.05) is 13.2 Å². The molecule has 1 fully saturated rings. The van der Waals surface area contributed by atoms with Gasteiger partial charge in [0.2, 0.25) is 0 Å². The molecule has 1 saturated carbocycles. The molecule has 5 nitrogen and oxygen atoms in total. The van der Waals surface area contributed by atoms with E-state index in [2.05, 4.69) is 48.0 Å². The van der Waals surface area contributed by atoms with Crippen molar-refractivity contribution < 1.29 is 5.11 Å². The largest absolute Gasteiger partial charge is 0.395 e. The minimum Gasteiger partial charge on any atom is -0.395 e. The fraction of sp³-hybridized carbons (Fsp3) is 0.455. The van der Waals surface area contributed by atoms with Gasteiger partial charge in [-0.05, 0) is 32.3 Å². The highest BCUT2D eigenvalue weighted by Gasteiger charge is 2.24. The summed E-state index contributed by atoms with van der Waals surface area (Å²) >= 11 is 1.58. The first-order chi connectivity index (χ1) is 13.6. The number of hydrogen-bond acceptors (Lipinski definition) is 5. The summed E-state index contributed by atoms with van der Waals surface area (Å²) in [6.07, 6.45) is 4.78. The van der Waals surface area contributed by atoms with Gasteiger partial charge in [0, 0.05) is 23.0 Å². The van der Waals surface area contributed by atoms with Gasteiger partial charge in [0.25, 0.3) is 5.56 Å². The lowest BCUT2D eigenvalue weighted by Crippen LogP contribution is -2.36. The van der Waals surface area contributed by atoms with Crippen molar-refractivity contribution in [2.45, 2.75) is 52.1 Å². The number of nitrogens with one attached hydrogen (secondary N) is 1. The zero-order valence-corrected chi connectivity index (χ0v) is 17.3. The molecule has 1 aliphatic rings. The van der Waals surface area contributed by atoms with Crippen LogP contribution in [0.1, 0.15) is 41.9 Å². The SMILES string of the molecule is Cc1ccc(-c2c(C)sc3nc(CN(CCO)C4CCCC4)[nH]c(=O)c23)cc1. The Morgan fingerprint density at radius 3 is 2.61 bits per heavy atom. The molecular formula is C22H27N3O2S. The van der Waals surface area contributed by atoms with Crippen LogP contribution in [0.5, 0.6) is 0 Å². The maximum Gasteiger partial charge on any atom is 0.260 e. The number of thiophene rings is 1. The number of fused-ring (bicyclic) bond motifs is 1. The lowest BCUT2D eigenvalue weighted by Gasteiger charge is -2.27. The number of aliphatic hydroxyl groups excluding tert-OH is 1. The van der Waals surface area contributed by atoms with Gasteiger partial charge in [-0.25, -0.2) is 4.98 Å². The van der Waals surface area contributed by atoms with Gasteiger partial charge in [-0.3, -0.25) is 9.69 Å². The number of benzene rings is 1. The van der Waals surface area contributed by atoms with E-state index in [0.29, 0.717) is 30.3 Å². The number of aryl methyl sites for hydroxylation is 2. The number of hydrogen-bond donors (Lipinski definition) is 2. The average Bonchev–Trinajstić information content (AvgIpc) is 3.30. The summed E-state index contributed by atoms with van der Waals surface area (Å²) in [6, 6.07) is 8.76. The summed E-state index contributed by atoms with van der Waals surface area (Å²) in [5.41, 5.74) is 3.17. The van der Waals surface area contributed by atoms with Crippen molar-refractivity contribution in [1.29, 1.82) is 0 Å². The van der Waals surface area contributed by atoms with Crippen LogP contribution in [-0.4, -0.2) is 39.2 Å². The monoisotopic (exact) mass is 397 g/mol. The normalized spacial score (nSPS) is 15.1. The minimum atomic E-state index is -0.0738. The first kappa shape index (κ1) is 19.3. The molecular weight excluding hydrogens is 370 g/mol. The van der Waals surface area contributed by atoms with Crippen LogP contribution in [0.15, 0.2) is 29.1 Å². The quantitative estimate of drug-likeness (QED) is 0.659. The number of H-pyrrole nitrogens is 1. The van der Waals surface area contributed by atoms with E-state index >= 15 is 0 Å². The standard InChI is InChI=1S/C22H27N3O2S/c1-14-7-9-16(10-8-14)19-15(2)28-22-20(19)21(27)23-18(24-22)13-25(11-12-26)17-5-3-4-6-17/h7-10,17,26H,3-6,11-13H2,1-2H3,(H,23,24,27). The molecule has 2 heterocycles. The molecule has 0 spiro atoms. The Bertz CT molecular complexity index is 1020. The fourth-order valence-electron chi connectivity index (χ4n) is 4.29. The number of rotatable bonds is 6. The van der Waals surface area contributed by atoms with E-state index in [4.69, 9.17) is 4.98 Å². The Labute approximate surface area is 169 Å². The highest BCUT2D eigenvalue weighted by atomic mass is 32.1. The van der Waals surface area contributed by atoms with Crippen LogP contribution < -0.4 is 5.56 Å². The molecule has 0 atom stereocenters. The van der Waals surface area contributed by atoms with Crippen LogP contribution in [0.3, 0.4) is 0 Å². The van der Waals surface area contributed by atoms with E-state index in [1.165, 1.54) is 18.4 Å². The topological polar surface area (TPSA) is 69.2 Å². The molecule has 0 bridgehead atoms. The molecule has 3 aromatic rings. The summed E-state index contributed by atoms with van der Waals surface area (Å²) < 4.78 is 0. The second-order valence-corrected chi connectivity index (χ2v) is 8.93. The highest BCUT2D eigenvalue weighted by Crippen LogP contribution is 2.35. The van der Waals surface area contributed by atoms with Crippen LogP contribution >= 0.6 is 11.3 Å². The molecule has 1 aromatic carbocycles. The van der Waals surface area contributed by atoms with Gasteiger partial charge in [0.15, 0.2) is 0 Å². The third-order valence-electron chi connectivity index (χ3n) is 5.71. The predicted molar refractivity (Wildman–Crippen MR) is 115 cm³/mol. The molecule has 0 unspecified atom stereocenters. The lowest BCUT2D eigenvalue weighted by atomic mass is 10.0. The summed E-state index contributed by atoms with van der Waals surface area (Å²) in [6.45, 7) is 5.43. The van der Waals surface area contributed by atoms with Crippen molar-refractivity contribution in [3.05, 3.63) is 50.9 Å². The number of aliphatic hydroxyl groups is 1. The highest BCUT2D eigenvalue weighted by molar-refractivity contribution is 7.19. The van der Waals surface area contributed by atoms with E-state index in [1.54, 1.807) is 11.3 Å². The molecule has 2 aromatic heterocycles. The Balaban J connectivity index is 1.71. The number of aromatic amines is 1. The maximum atomic E-state index is 13.0. The van der Waals surface area contributed by atoms with Crippen LogP contribution in [0.25, 0.3) is 21.3 Å². The van der Waals surface area contributed by atoms with Crippen molar-refractivity contribution >= 4 is 21.6 Å². The first-order valence-corrected chi connectivity index (χ1v) is 10.8. The third-order valence-corrected chi connectivity index (χ3v) is 6.71. The van der Waals surface area contributed by atoms with Gasteiger partial charge >= 0.3 is 0 Å². The van der Waals surface area contributed by atoms with Crippen LogP contribution in [0.2, 0.25) is 0 Å². The lowest BCUT2D eigenvalue weighted by molar-refractivity contribution is 0.142. The Hall–Kier alpha value is -2.02. The van der Waals surface area contributed by atoms with Crippen molar-refractivity contribution in [3.8, 4) is 11.1 Å². The van der Waals surface area contributed by atoms with E-state index in [-0.39, 0.29) is 12.2 Å². The molecule has 0 amide bonds. The molecule has 6 heteroatoms. The van der Waals surface area contributed by atoms with E-state index in [9.17, 15) is 9.90 Å². The van der Waals surface area contributed by atoms with Crippen molar-refractivity contribution in [3.63, 3.8) is 0 Å². The van der Waals surface area contributed by atoms with Crippen molar-refractivity contribution in [2.24, 2.45) is 0 Å². The molecule has 28 heavy (non-hydrogen) atoms. The van der Waals surface area contributed by atoms with Gasteiger partial charge < -0.3 is 10.1 Å². The van der Waals surface area contributed by atoms with E-state index in [0.717, 1.165) is 33.7 Å². The van der Waals surface area contributed by atoms with Gasteiger partial charge in [0.1, 0.15) is 10.7 Å². The average molecular weight is 398 g/mol. The number of nitrogens with zero attached hydrogens (tertiary/aromatic N) is 2. The zero-order chi connectivity index (χ0) is 19.7. The molecule has 0 radical (unpaired) electrons. The van der Waals surface area contributed by atoms with Gasteiger partial charge in [-0.1, -0.05) is 42.7 Å². The van der Waals surface area contributed by atoms with Crippen LogP contribution in [-0.2, 0) is 6.54 Å². The summed E-state index contributed by atoms with van der Waals surface area (Å²) in [7, 11) is 0. The summed E-state index contributed by atoms with van der Waals surface area (Å²) in [5, 5.41) is 10.1. The first-order valence-electron chi connectivity index (χ1n) is 10.0. The van der Waals surface area contributed by atoms with Gasteiger partial charge in [-0.15, -0.1) is 11.3 Å². The smallest absolute Gasteiger partial charge is 0.260 e. The Kier molecular flexibility index (Phi) is 5.62. The predicted octanol–water partition coefficient (Wildman–Crippen LogP) is 4.01. The number of aromatic nitrogens is 2.